The Kier molecular flexibility index (Phi) is 5.83. The molecular weight excluding hydrogens is 316 g/mol. The lowest BCUT2D eigenvalue weighted by Crippen LogP contribution is -2.41. The van der Waals surface area contributed by atoms with Gasteiger partial charge in [-0.1, -0.05) is 32.0 Å². The second kappa shape index (κ2) is 8.27. The van der Waals surface area contributed by atoms with Crippen LogP contribution in [0.2, 0.25) is 0 Å². The maximum absolute atomic E-state index is 12.7. The summed E-state index contributed by atoms with van der Waals surface area (Å²) < 4.78 is 7.08. The molecule has 0 saturated carbocycles. The lowest BCUT2D eigenvalue weighted by molar-refractivity contribution is 0.0383. The summed E-state index contributed by atoms with van der Waals surface area (Å²) in [6.07, 6.45) is 0. The number of ether oxygens (including phenoxy) is 1. The van der Waals surface area contributed by atoms with E-state index >= 15 is 0 Å². The number of aromatic nitrogens is 2. The summed E-state index contributed by atoms with van der Waals surface area (Å²) >= 11 is 0. The number of benzene rings is 1. The van der Waals surface area contributed by atoms with Crippen molar-refractivity contribution in [2.75, 3.05) is 39.4 Å². The van der Waals surface area contributed by atoms with Crippen molar-refractivity contribution >= 4 is 5.91 Å². The first-order chi connectivity index (χ1) is 12.1. The van der Waals surface area contributed by atoms with Gasteiger partial charge in [-0.3, -0.25) is 9.69 Å². The Morgan fingerprint density at radius 2 is 1.96 bits per heavy atom. The molecule has 1 N–H and O–H groups in total. The van der Waals surface area contributed by atoms with Gasteiger partial charge in [-0.05, 0) is 24.1 Å². The standard InChI is InChI=1S/C19H26N4O2/c1-15(2)17-14-18(23(21-17)16-6-4-3-5-7-16)19(24)20-8-9-22-10-12-25-13-11-22/h3-7,14-15H,8-13H2,1-2H3,(H,20,24). The largest absolute Gasteiger partial charge is 0.379 e. The van der Waals surface area contributed by atoms with Crippen molar-refractivity contribution in [2.24, 2.45) is 0 Å². The molecule has 0 bridgehead atoms. The second-order valence-electron chi connectivity index (χ2n) is 6.57. The van der Waals surface area contributed by atoms with Gasteiger partial charge in [0.05, 0.1) is 24.6 Å². The molecule has 25 heavy (non-hydrogen) atoms. The van der Waals surface area contributed by atoms with Gasteiger partial charge in [-0.2, -0.15) is 5.10 Å². The third-order valence-corrected chi connectivity index (χ3v) is 4.37. The molecule has 1 saturated heterocycles. The molecule has 2 heterocycles. The molecule has 0 atom stereocenters. The number of carbonyl (C=O) groups is 1. The molecule has 1 aromatic carbocycles. The van der Waals surface area contributed by atoms with Gasteiger partial charge in [0.1, 0.15) is 5.69 Å². The zero-order chi connectivity index (χ0) is 17.6. The first kappa shape index (κ1) is 17.6. The van der Waals surface area contributed by atoms with E-state index in [9.17, 15) is 4.79 Å². The van der Waals surface area contributed by atoms with Crippen molar-refractivity contribution in [1.29, 1.82) is 0 Å². The molecule has 1 aromatic heterocycles. The molecule has 3 rings (SSSR count). The molecular formula is C19H26N4O2. The highest BCUT2D eigenvalue weighted by Gasteiger charge is 2.18. The van der Waals surface area contributed by atoms with Gasteiger partial charge in [0, 0.05) is 26.2 Å². The highest BCUT2D eigenvalue weighted by molar-refractivity contribution is 5.93. The lowest BCUT2D eigenvalue weighted by atomic mass is 10.1. The highest BCUT2D eigenvalue weighted by atomic mass is 16.5. The van der Waals surface area contributed by atoms with Crippen LogP contribution in [-0.2, 0) is 4.74 Å². The van der Waals surface area contributed by atoms with E-state index in [1.807, 2.05) is 36.4 Å². The molecule has 0 spiro atoms. The Bertz CT molecular complexity index is 691. The summed E-state index contributed by atoms with van der Waals surface area (Å²) in [5.41, 5.74) is 2.40. The van der Waals surface area contributed by atoms with Crippen LogP contribution in [0, 0.1) is 0 Å². The second-order valence-corrected chi connectivity index (χ2v) is 6.57. The maximum atomic E-state index is 12.7. The number of hydrogen-bond donors (Lipinski definition) is 1. The minimum Gasteiger partial charge on any atom is -0.379 e. The summed E-state index contributed by atoms with van der Waals surface area (Å²) in [4.78, 5) is 15.0. The fourth-order valence-electron chi connectivity index (χ4n) is 2.85. The van der Waals surface area contributed by atoms with Crippen molar-refractivity contribution in [3.05, 3.63) is 47.8 Å². The SMILES string of the molecule is CC(C)c1cc(C(=O)NCCN2CCOCC2)n(-c2ccccc2)n1. The van der Waals surface area contributed by atoms with Gasteiger partial charge in [-0.15, -0.1) is 0 Å². The van der Waals surface area contributed by atoms with Crippen LogP contribution < -0.4 is 5.32 Å². The Morgan fingerprint density at radius 3 is 2.64 bits per heavy atom. The van der Waals surface area contributed by atoms with E-state index in [0.29, 0.717) is 12.2 Å². The minimum atomic E-state index is -0.0866. The number of nitrogens with one attached hydrogen (secondary N) is 1. The average Bonchev–Trinajstić information content (AvgIpc) is 3.09. The summed E-state index contributed by atoms with van der Waals surface area (Å²) in [6, 6.07) is 11.7. The van der Waals surface area contributed by atoms with Crippen molar-refractivity contribution in [1.82, 2.24) is 20.0 Å². The van der Waals surface area contributed by atoms with Gasteiger partial charge in [-0.25, -0.2) is 4.68 Å². The first-order valence-corrected chi connectivity index (χ1v) is 8.89. The number of hydrogen-bond acceptors (Lipinski definition) is 4. The van der Waals surface area contributed by atoms with E-state index in [1.165, 1.54) is 0 Å². The molecule has 1 amide bonds. The van der Waals surface area contributed by atoms with Gasteiger partial charge in [0.2, 0.25) is 0 Å². The van der Waals surface area contributed by atoms with Crippen LogP contribution in [0.3, 0.4) is 0 Å². The van der Waals surface area contributed by atoms with Gasteiger partial charge < -0.3 is 10.1 Å². The fourth-order valence-corrected chi connectivity index (χ4v) is 2.85. The van der Waals surface area contributed by atoms with E-state index in [1.54, 1.807) is 4.68 Å². The molecule has 0 aliphatic carbocycles. The van der Waals surface area contributed by atoms with Crippen LogP contribution in [0.4, 0.5) is 0 Å². The zero-order valence-corrected chi connectivity index (χ0v) is 14.9. The predicted molar refractivity (Wildman–Crippen MR) is 97.2 cm³/mol. The molecule has 1 aliphatic heterocycles. The third kappa shape index (κ3) is 4.46. The molecule has 134 valence electrons. The quantitative estimate of drug-likeness (QED) is 0.873. The average molecular weight is 342 g/mol. The van der Waals surface area contributed by atoms with Crippen LogP contribution in [0.1, 0.15) is 35.9 Å². The number of para-hydroxylation sites is 1. The van der Waals surface area contributed by atoms with E-state index in [4.69, 9.17) is 4.74 Å². The lowest BCUT2D eigenvalue weighted by Gasteiger charge is -2.26. The van der Waals surface area contributed by atoms with Crippen molar-refractivity contribution in [3.8, 4) is 5.69 Å². The summed E-state index contributed by atoms with van der Waals surface area (Å²) in [5.74, 6) is 0.182. The topological polar surface area (TPSA) is 59.4 Å². The van der Waals surface area contributed by atoms with Crippen LogP contribution in [-0.4, -0.2) is 60.0 Å². The molecule has 6 heteroatoms. The minimum absolute atomic E-state index is 0.0866. The zero-order valence-electron chi connectivity index (χ0n) is 14.9. The monoisotopic (exact) mass is 342 g/mol. The van der Waals surface area contributed by atoms with E-state index in [0.717, 1.165) is 44.2 Å². The number of amides is 1. The number of morpholine rings is 1. The Balaban J connectivity index is 1.70. The normalized spacial score (nSPS) is 15.5. The number of carbonyl (C=O) groups excluding carboxylic acids is 1. The van der Waals surface area contributed by atoms with Crippen molar-refractivity contribution in [3.63, 3.8) is 0 Å². The molecule has 2 aromatic rings. The van der Waals surface area contributed by atoms with Crippen LogP contribution in [0.5, 0.6) is 0 Å². The molecule has 1 aliphatic rings. The van der Waals surface area contributed by atoms with Crippen LogP contribution in [0.25, 0.3) is 5.69 Å². The fraction of sp³-hybridized carbons (Fsp3) is 0.474. The van der Waals surface area contributed by atoms with E-state index < -0.39 is 0 Å². The third-order valence-electron chi connectivity index (χ3n) is 4.37. The van der Waals surface area contributed by atoms with Crippen LogP contribution in [0.15, 0.2) is 36.4 Å². The molecule has 0 radical (unpaired) electrons. The number of nitrogens with zero attached hydrogens (tertiary/aromatic N) is 3. The van der Waals surface area contributed by atoms with Gasteiger partial charge in [0.15, 0.2) is 0 Å². The summed E-state index contributed by atoms with van der Waals surface area (Å²) in [5, 5.41) is 7.65. The summed E-state index contributed by atoms with van der Waals surface area (Å²) in [7, 11) is 0. The van der Waals surface area contributed by atoms with E-state index in [2.05, 4.69) is 29.2 Å². The smallest absolute Gasteiger partial charge is 0.270 e. The van der Waals surface area contributed by atoms with Gasteiger partial charge in [0.25, 0.3) is 5.91 Å². The van der Waals surface area contributed by atoms with Gasteiger partial charge >= 0.3 is 0 Å². The predicted octanol–water partition coefficient (Wildman–Crippen LogP) is 2.06. The maximum Gasteiger partial charge on any atom is 0.270 e. The molecule has 1 fully saturated rings. The van der Waals surface area contributed by atoms with Crippen LogP contribution >= 0.6 is 0 Å². The number of rotatable bonds is 6. The van der Waals surface area contributed by atoms with Crippen molar-refractivity contribution in [2.45, 2.75) is 19.8 Å². The Labute approximate surface area is 148 Å². The Hall–Kier alpha value is -2.18. The molecule has 6 nitrogen and oxygen atoms in total. The molecule has 0 unspecified atom stereocenters. The first-order valence-electron chi connectivity index (χ1n) is 8.89. The van der Waals surface area contributed by atoms with Crippen molar-refractivity contribution < 1.29 is 9.53 Å². The highest BCUT2D eigenvalue weighted by Crippen LogP contribution is 2.18. The Morgan fingerprint density at radius 1 is 1.24 bits per heavy atom. The summed E-state index contributed by atoms with van der Waals surface area (Å²) in [6.45, 7) is 9.01. The van der Waals surface area contributed by atoms with E-state index in [-0.39, 0.29) is 11.8 Å².